The largest absolute Gasteiger partial charge is 0.356 e. The quantitative estimate of drug-likeness (QED) is 0.593. The zero-order chi connectivity index (χ0) is 12.8. The van der Waals surface area contributed by atoms with Crippen molar-refractivity contribution in [2.75, 3.05) is 6.54 Å². The summed E-state index contributed by atoms with van der Waals surface area (Å²) in [5.41, 5.74) is 0.350. The number of nitrogens with zero attached hydrogens (tertiary/aromatic N) is 3. The Morgan fingerprint density at radius 1 is 1.65 bits per heavy atom. The summed E-state index contributed by atoms with van der Waals surface area (Å²) >= 11 is 0. The summed E-state index contributed by atoms with van der Waals surface area (Å²) < 4.78 is 1.43. The number of amides is 1. The predicted octanol–water partition coefficient (Wildman–Crippen LogP) is 1.02. The predicted molar refractivity (Wildman–Crippen MR) is 61.5 cm³/mol. The SMILES string of the molecule is CCCNC(=O)CCn1cc([N+](=O)[O-])c(C)n1. The number of carbonyl (C=O) groups excluding carboxylic acids is 1. The van der Waals surface area contributed by atoms with Gasteiger partial charge >= 0.3 is 5.69 Å². The summed E-state index contributed by atoms with van der Waals surface area (Å²) in [4.78, 5) is 21.4. The molecule has 0 spiro atoms. The second-order valence-corrected chi connectivity index (χ2v) is 3.72. The molecule has 7 nitrogen and oxygen atoms in total. The van der Waals surface area contributed by atoms with Gasteiger partial charge in [-0.3, -0.25) is 19.6 Å². The number of carbonyl (C=O) groups is 1. The van der Waals surface area contributed by atoms with E-state index in [1.165, 1.54) is 10.9 Å². The van der Waals surface area contributed by atoms with Crippen molar-refractivity contribution >= 4 is 11.6 Å². The average Bonchev–Trinajstić information content (AvgIpc) is 2.65. The zero-order valence-corrected chi connectivity index (χ0v) is 9.97. The highest BCUT2D eigenvalue weighted by molar-refractivity contribution is 5.75. The maximum Gasteiger partial charge on any atom is 0.309 e. The fraction of sp³-hybridized carbons (Fsp3) is 0.600. The summed E-state index contributed by atoms with van der Waals surface area (Å²) in [7, 11) is 0. The van der Waals surface area contributed by atoms with Gasteiger partial charge < -0.3 is 5.32 Å². The van der Waals surface area contributed by atoms with Crippen LogP contribution >= 0.6 is 0 Å². The lowest BCUT2D eigenvalue weighted by molar-refractivity contribution is -0.385. The zero-order valence-electron chi connectivity index (χ0n) is 9.97. The molecular weight excluding hydrogens is 224 g/mol. The lowest BCUT2D eigenvalue weighted by Gasteiger charge is -2.02. The average molecular weight is 240 g/mol. The third kappa shape index (κ3) is 3.86. The molecule has 0 unspecified atom stereocenters. The van der Waals surface area contributed by atoms with Crippen molar-refractivity contribution in [2.24, 2.45) is 0 Å². The molecule has 1 aromatic heterocycles. The highest BCUT2D eigenvalue weighted by Crippen LogP contribution is 2.14. The molecule has 0 bridgehead atoms. The van der Waals surface area contributed by atoms with E-state index in [1.807, 2.05) is 6.92 Å². The minimum Gasteiger partial charge on any atom is -0.356 e. The van der Waals surface area contributed by atoms with E-state index in [0.717, 1.165) is 6.42 Å². The van der Waals surface area contributed by atoms with Gasteiger partial charge in [-0.25, -0.2) is 0 Å². The molecule has 0 atom stereocenters. The van der Waals surface area contributed by atoms with Crippen molar-refractivity contribution in [3.05, 3.63) is 22.0 Å². The van der Waals surface area contributed by atoms with Crippen LogP contribution in [-0.4, -0.2) is 27.2 Å². The van der Waals surface area contributed by atoms with E-state index in [1.54, 1.807) is 6.92 Å². The van der Waals surface area contributed by atoms with E-state index < -0.39 is 4.92 Å². The number of rotatable bonds is 6. The second kappa shape index (κ2) is 5.97. The van der Waals surface area contributed by atoms with Gasteiger partial charge in [-0.1, -0.05) is 6.92 Å². The molecule has 94 valence electrons. The van der Waals surface area contributed by atoms with Gasteiger partial charge in [0.25, 0.3) is 0 Å². The van der Waals surface area contributed by atoms with E-state index in [2.05, 4.69) is 10.4 Å². The van der Waals surface area contributed by atoms with Crippen LogP contribution in [0.5, 0.6) is 0 Å². The van der Waals surface area contributed by atoms with Crippen LogP contribution in [0, 0.1) is 17.0 Å². The van der Waals surface area contributed by atoms with Crippen molar-refractivity contribution in [3.63, 3.8) is 0 Å². The summed E-state index contributed by atoms with van der Waals surface area (Å²) in [6.07, 6.45) is 2.51. The van der Waals surface area contributed by atoms with Gasteiger partial charge in [-0.15, -0.1) is 0 Å². The smallest absolute Gasteiger partial charge is 0.309 e. The van der Waals surface area contributed by atoms with E-state index in [4.69, 9.17) is 0 Å². The van der Waals surface area contributed by atoms with Crippen molar-refractivity contribution in [1.29, 1.82) is 0 Å². The molecular formula is C10H16N4O3. The van der Waals surface area contributed by atoms with Gasteiger partial charge in [0.2, 0.25) is 5.91 Å². The highest BCUT2D eigenvalue weighted by atomic mass is 16.6. The molecule has 0 aliphatic carbocycles. The Bertz CT molecular complexity index is 414. The molecule has 1 N–H and O–H groups in total. The number of aromatic nitrogens is 2. The second-order valence-electron chi connectivity index (χ2n) is 3.72. The molecule has 0 aliphatic rings. The summed E-state index contributed by atoms with van der Waals surface area (Å²) in [5.74, 6) is -0.0670. The Kier molecular flexibility index (Phi) is 4.62. The van der Waals surface area contributed by atoms with Gasteiger partial charge in [0.1, 0.15) is 11.9 Å². The number of nitro groups is 1. The minimum absolute atomic E-state index is 0.0148. The van der Waals surface area contributed by atoms with Gasteiger partial charge in [-0.05, 0) is 13.3 Å². The molecule has 0 radical (unpaired) electrons. The van der Waals surface area contributed by atoms with E-state index >= 15 is 0 Å². The highest BCUT2D eigenvalue weighted by Gasteiger charge is 2.15. The van der Waals surface area contributed by atoms with Crippen LogP contribution in [0.25, 0.3) is 0 Å². The molecule has 0 aliphatic heterocycles. The first-order chi connectivity index (χ1) is 8.04. The van der Waals surface area contributed by atoms with Gasteiger partial charge in [0.15, 0.2) is 0 Å². The van der Waals surface area contributed by atoms with Crippen molar-refractivity contribution in [3.8, 4) is 0 Å². The van der Waals surface area contributed by atoms with E-state index in [0.29, 0.717) is 18.8 Å². The number of aryl methyl sites for hydroxylation is 2. The molecule has 0 saturated heterocycles. The van der Waals surface area contributed by atoms with E-state index in [9.17, 15) is 14.9 Å². The monoisotopic (exact) mass is 240 g/mol. The fourth-order valence-electron chi connectivity index (χ4n) is 1.37. The normalized spacial score (nSPS) is 10.2. The van der Waals surface area contributed by atoms with Crippen LogP contribution in [0.4, 0.5) is 5.69 Å². The Morgan fingerprint density at radius 3 is 2.88 bits per heavy atom. The van der Waals surface area contributed by atoms with Crippen LogP contribution in [0.1, 0.15) is 25.5 Å². The van der Waals surface area contributed by atoms with Crippen molar-refractivity contribution < 1.29 is 9.72 Å². The number of hydrogen-bond donors (Lipinski definition) is 1. The third-order valence-corrected chi connectivity index (χ3v) is 2.26. The molecule has 0 saturated carbocycles. The molecule has 1 heterocycles. The number of hydrogen-bond acceptors (Lipinski definition) is 4. The molecule has 1 aromatic rings. The topological polar surface area (TPSA) is 90.1 Å². The van der Waals surface area contributed by atoms with Crippen LogP contribution < -0.4 is 5.32 Å². The molecule has 7 heteroatoms. The molecule has 17 heavy (non-hydrogen) atoms. The molecule has 0 fully saturated rings. The van der Waals surface area contributed by atoms with E-state index in [-0.39, 0.29) is 18.0 Å². The molecule has 0 aromatic carbocycles. The van der Waals surface area contributed by atoms with Crippen LogP contribution in [-0.2, 0) is 11.3 Å². The van der Waals surface area contributed by atoms with Crippen LogP contribution in [0.15, 0.2) is 6.20 Å². The Balaban J connectivity index is 2.50. The van der Waals surface area contributed by atoms with Gasteiger partial charge in [0.05, 0.1) is 4.92 Å². The Morgan fingerprint density at radius 2 is 2.35 bits per heavy atom. The van der Waals surface area contributed by atoms with Crippen LogP contribution in [0.3, 0.4) is 0 Å². The lowest BCUT2D eigenvalue weighted by Crippen LogP contribution is -2.25. The van der Waals surface area contributed by atoms with Gasteiger partial charge in [-0.2, -0.15) is 5.10 Å². The third-order valence-electron chi connectivity index (χ3n) is 2.26. The summed E-state index contributed by atoms with van der Waals surface area (Å²) in [6, 6.07) is 0. The molecule has 1 amide bonds. The summed E-state index contributed by atoms with van der Waals surface area (Å²) in [5, 5.41) is 17.3. The first kappa shape index (κ1) is 13.1. The maximum absolute atomic E-state index is 11.3. The van der Waals surface area contributed by atoms with Crippen LogP contribution in [0.2, 0.25) is 0 Å². The van der Waals surface area contributed by atoms with Crippen molar-refractivity contribution in [2.45, 2.75) is 33.2 Å². The Labute approximate surface area is 99.0 Å². The fourth-order valence-corrected chi connectivity index (χ4v) is 1.37. The number of nitrogens with one attached hydrogen (secondary N) is 1. The molecule has 1 rings (SSSR count). The summed E-state index contributed by atoms with van der Waals surface area (Å²) in [6.45, 7) is 4.55. The lowest BCUT2D eigenvalue weighted by atomic mass is 10.4. The minimum atomic E-state index is -0.476. The standard InChI is InChI=1S/C10H16N4O3/c1-3-5-11-10(15)4-6-13-7-9(14(16)17)8(2)12-13/h7H,3-6H2,1-2H3,(H,11,15). The first-order valence-corrected chi connectivity index (χ1v) is 5.49. The van der Waals surface area contributed by atoms with Gasteiger partial charge in [0, 0.05) is 19.5 Å². The maximum atomic E-state index is 11.3. The Hall–Kier alpha value is -1.92. The van der Waals surface area contributed by atoms with Crippen molar-refractivity contribution in [1.82, 2.24) is 15.1 Å². The first-order valence-electron chi connectivity index (χ1n) is 5.49.